The second-order valence-electron chi connectivity index (χ2n) is 5.16. The van der Waals surface area contributed by atoms with Crippen molar-refractivity contribution in [3.63, 3.8) is 0 Å². The number of para-hydroxylation sites is 2. The Morgan fingerprint density at radius 3 is 2.67 bits per heavy atom. The van der Waals surface area contributed by atoms with Crippen molar-refractivity contribution in [2.75, 3.05) is 11.9 Å². The highest BCUT2D eigenvalue weighted by molar-refractivity contribution is 5.94. The summed E-state index contributed by atoms with van der Waals surface area (Å²) in [6.07, 6.45) is -2.35. The van der Waals surface area contributed by atoms with Crippen LogP contribution in [0.3, 0.4) is 0 Å². The fourth-order valence-electron chi connectivity index (χ4n) is 2.34. The summed E-state index contributed by atoms with van der Waals surface area (Å²) in [6.45, 7) is -1.39. The lowest BCUT2D eigenvalue weighted by Crippen LogP contribution is -2.24. The van der Waals surface area contributed by atoms with Crippen LogP contribution in [0.2, 0.25) is 0 Å². The molecule has 0 aromatic heterocycles. The van der Waals surface area contributed by atoms with Gasteiger partial charge in [0.1, 0.15) is 5.75 Å². The molecule has 1 fully saturated rings. The Balaban J connectivity index is 2.01. The third-order valence-corrected chi connectivity index (χ3v) is 3.38. The average molecular weight is 302 g/mol. The second kappa shape index (κ2) is 6.34. The lowest BCUT2D eigenvalue weighted by Gasteiger charge is -2.15. The number of benzene rings is 1. The van der Waals surface area contributed by atoms with Crippen molar-refractivity contribution in [1.82, 2.24) is 0 Å². The summed E-state index contributed by atoms with van der Waals surface area (Å²) in [5.41, 5.74) is 5.99. The molecule has 2 rings (SSSR count). The van der Waals surface area contributed by atoms with Crippen LogP contribution in [-0.2, 0) is 4.79 Å². The number of nitrogens with one attached hydrogen (secondary N) is 1. The highest BCUT2D eigenvalue weighted by Gasteiger charge is 2.30. The van der Waals surface area contributed by atoms with Gasteiger partial charge in [0.25, 0.3) is 0 Å². The van der Waals surface area contributed by atoms with Crippen LogP contribution in [0.4, 0.5) is 18.9 Å². The van der Waals surface area contributed by atoms with E-state index in [9.17, 15) is 18.0 Å². The van der Waals surface area contributed by atoms with Gasteiger partial charge in [0.2, 0.25) is 5.91 Å². The Kier molecular flexibility index (Phi) is 4.72. The van der Waals surface area contributed by atoms with Gasteiger partial charge < -0.3 is 15.8 Å². The molecule has 0 spiro atoms. The summed E-state index contributed by atoms with van der Waals surface area (Å²) in [4.78, 5) is 12.1. The fourth-order valence-corrected chi connectivity index (χ4v) is 2.34. The van der Waals surface area contributed by atoms with Crippen molar-refractivity contribution in [2.45, 2.75) is 31.5 Å². The summed E-state index contributed by atoms with van der Waals surface area (Å²) in [5.74, 6) is -0.424. The molecule has 1 aromatic carbocycles. The minimum absolute atomic E-state index is 0.00507. The smallest absolute Gasteiger partial charge is 0.422 e. The Hall–Kier alpha value is -1.76. The predicted molar refractivity (Wildman–Crippen MR) is 71.9 cm³/mol. The van der Waals surface area contributed by atoms with Crippen molar-refractivity contribution in [3.8, 4) is 5.75 Å². The van der Waals surface area contributed by atoms with Gasteiger partial charge in [0.15, 0.2) is 6.61 Å². The molecular formula is C14H17F3N2O2. The highest BCUT2D eigenvalue weighted by atomic mass is 19.4. The largest absolute Gasteiger partial charge is 0.482 e. The first kappa shape index (κ1) is 15.6. The number of rotatable bonds is 4. The minimum Gasteiger partial charge on any atom is -0.482 e. The monoisotopic (exact) mass is 302 g/mol. The minimum atomic E-state index is -4.42. The number of ether oxygens (including phenoxy) is 1. The summed E-state index contributed by atoms with van der Waals surface area (Å²) in [5, 5.41) is 2.62. The molecular weight excluding hydrogens is 285 g/mol. The van der Waals surface area contributed by atoms with Gasteiger partial charge in [-0.05, 0) is 31.4 Å². The lowest BCUT2D eigenvalue weighted by atomic mass is 10.1. The quantitative estimate of drug-likeness (QED) is 0.899. The number of hydrogen-bond acceptors (Lipinski definition) is 3. The van der Waals surface area contributed by atoms with E-state index in [0.717, 1.165) is 6.42 Å². The zero-order chi connectivity index (χ0) is 15.5. The number of halogens is 3. The standard InChI is InChI=1S/C14H17F3N2O2/c15-14(16,17)8-21-12-4-2-1-3-11(12)19-13(20)9-5-6-10(18)7-9/h1-4,9-10H,5-8,18H2,(H,19,20). The SMILES string of the molecule is NC1CCC(C(=O)Nc2ccccc2OCC(F)(F)F)C1. The lowest BCUT2D eigenvalue weighted by molar-refractivity contribution is -0.153. The molecule has 21 heavy (non-hydrogen) atoms. The Labute approximate surface area is 120 Å². The van der Waals surface area contributed by atoms with Crippen LogP contribution in [0, 0.1) is 5.92 Å². The van der Waals surface area contributed by atoms with Crippen LogP contribution < -0.4 is 15.8 Å². The van der Waals surface area contributed by atoms with Crippen LogP contribution in [0.1, 0.15) is 19.3 Å². The second-order valence-corrected chi connectivity index (χ2v) is 5.16. The normalized spacial score (nSPS) is 22.1. The number of carbonyl (C=O) groups is 1. The zero-order valence-corrected chi connectivity index (χ0v) is 11.3. The number of hydrogen-bond donors (Lipinski definition) is 2. The first-order chi connectivity index (χ1) is 9.85. The van der Waals surface area contributed by atoms with Gasteiger partial charge >= 0.3 is 6.18 Å². The first-order valence-corrected chi connectivity index (χ1v) is 6.70. The number of alkyl halides is 3. The molecule has 1 aromatic rings. The van der Waals surface area contributed by atoms with Gasteiger partial charge in [-0.1, -0.05) is 12.1 Å². The van der Waals surface area contributed by atoms with E-state index in [1.165, 1.54) is 12.1 Å². The molecule has 0 aliphatic heterocycles. The summed E-state index contributed by atoms with van der Waals surface area (Å²) >= 11 is 0. The Morgan fingerprint density at radius 1 is 1.33 bits per heavy atom. The van der Waals surface area contributed by atoms with Gasteiger partial charge in [-0.25, -0.2) is 0 Å². The molecule has 3 N–H and O–H groups in total. The van der Waals surface area contributed by atoms with Gasteiger partial charge in [-0.3, -0.25) is 4.79 Å². The molecule has 116 valence electrons. The zero-order valence-electron chi connectivity index (χ0n) is 11.3. The molecule has 1 aliphatic rings. The predicted octanol–water partition coefficient (Wildman–Crippen LogP) is 2.69. The van der Waals surface area contributed by atoms with Crippen LogP contribution in [-0.4, -0.2) is 24.7 Å². The van der Waals surface area contributed by atoms with E-state index in [0.29, 0.717) is 12.8 Å². The van der Waals surface area contributed by atoms with Crippen molar-refractivity contribution < 1.29 is 22.7 Å². The number of anilines is 1. The van der Waals surface area contributed by atoms with Crippen LogP contribution in [0.15, 0.2) is 24.3 Å². The van der Waals surface area contributed by atoms with Gasteiger partial charge in [-0.15, -0.1) is 0 Å². The van der Waals surface area contributed by atoms with E-state index >= 15 is 0 Å². The van der Waals surface area contributed by atoms with Crippen LogP contribution in [0.25, 0.3) is 0 Å². The molecule has 1 amide bonds. The van der Waals surface area contributed by atoms with E-state index in [1.807, 2.05) is 0 Å². The van der Waals surface area contributed by atoms with Gasteiger partial charge in [0, 0.05) is 12.0 Å². The fraction of sp³-hybridized carbons (Fsp3) is 0.500. The molecule has 2 atom stereocenters. The van der Waals surface area contributed by atoms with Crippen molar-refractivity contribution in [1.29, 1.82) is 0 Å². The van der Waals surface area contributed by atoms with E-state index in [-0.39, 0.29) is 29.3 Å². The molecule has 0 heterocycles. The molecule has 7 heteroatoms. The topological polar surface area (TPSA) is 64.4 Å². The van der Waals surface area contributed by atoms with Gasteiger partial charge in [-0.2, -0.15) is 13.2 Å². The summed E-state index contributed by atoms with van der Waals surface area (Å²) < 4.78 is 41.3. The van der Waals surface area contributed by atoms with Crippen LogP contribution in [0.5, 0.6) is 5.75 Å². The van der Waals surface area contributed by atoms with E-state index < -0.39 is 12.8 Å². The number of nitrogens with two attached hydrogens (primary N) is 1. The molecule has 0 saturated heterocycles. The first-order valence-electron chi connectivity index (χ1n) is 6.70. The molecule has 2 unspecified atom stereocenters. The Bertz CT molecular complexity index is 505. The van der Waals surface area contributed by atoms with Gasteiger partial charge in [0.05, 0.1) is 5.69 Å². The molecule has 0 bridgehead atoms. The molecule has 1 aliphatic carbocycles. The van der Waals surface area contributed by atoms with E-state index in [2.05, 4.69) is 5.32 Å². The van der Waals surface area contributed by atoms with E-state index in [1.54, 1.807) is 12.1 Å². The summed E-state index contributed by atoms with van der Waals surface area (Å²) in [6, 6.07) is 6.08. The molecule has 0 radical (unpaired) electrons. The summed E-state index contributed by atoms with van der Waals surface area (Å²) in [7, 11) is 0. The number of amides is 1. The molecule has 1 saturated carbocycles. The third kappa shape index (κ3) is 4.63. The average Bonchev–Trinajstić information content (AvgIpc) is 2.83. The Morgan fingerprint density at radius 2 is 2.05 bits per heavy atom. The third-order valence-electron chi connectivity index (χ3n) is 3.38. The molecule has 4 nitrogen and oxygen atoms in total. The van der Waals surface area contributed by atoms with Crippen LogP contribution >= 0.6 is 0 Å². The highest BCUT2D eigenvalue weighted by Crippen LogP contribution is 2.29. The number of carbonyl (C=O) groups excluding carboxylic acids is 1. The maximum absolute atomic E-state index is 12.2. The maximum Gasteiger partial charge on any atom is 0.422 e. The maximum atomic E-state index is 12.2. The van der Waals surface area contributed by atoms with Crippen molar-refractivity contribution >= 4 is 11.6 Å². The van der Waals surface area contributed by atoms with Crippen molar-refractivity contribution in [3.05, 3.63) is 24.3 Å². The van der Waals surface area contributed by atoms with Crippen molar-refractivity contribution in [2.24, 2.45) is 11.7 Å². The van der Waals surface area contributed by atoms with E-state index in [4.69, 9.17) is 10.5 Å².